The Kier molecular flexibility index (Phi) is 4.54. The molecule has 114 valence electrons. The summed E-state index contributed by atoms with van der Waals surface area (Å²) in [6.45, 7) is 0.628. The lowest BCUT2D eigenvalue weighted by Gasteiger charge is -2.33. The van der Waals surface area contributed by atoms with Crippen molar-refractivity contribution in [3.8, 4) is 0 Å². The fraction of sp³-hybridized carbons (Fsp3) is 0.600. The van der Waals surface area contributed by atoms with Gasteiger partial charge in [-0.05, 0) is 24.3 Å². The highest BCUT2D eigenvalue weighted by molar-refractivity contribution is 7.99. The SMILES string of the molecule is CN(Cc1cccs1)C(=O)[C@H]1CSCN1C(=O)C1CCC1. The van der Waals surface area contributed by atoms with Crippen molar-refractivity contribution in [3.05, 3.63) is 22.4 Å². The Morgan fingerprint density at radius 3 is 2.86 bits per heavy atom. The summed E-state index contributed by atoms with van der Waals surface area (Å²) in [6.07, 6.45) is 3.13. The standard InChI is InChI=1S/C15H20N2O2S2/c1-16(8-12-6-3-7-21-12)15(19)13-9-20-10-17(13)14(18)11-4-2-5-11/h3,6-7,11,13H,2,4-5,8-10H2,1H3/t13-/m1/s1. The molecular weight excluding hydrogens is 304 g/mol. The van der Waals surface area contributed by atoms with Gasteiger partial charge in [0.2, 0.25) is 11.8 Å². The van der Waals surface area contributed by atoms with Gasteiger partial charge in [-0.15, -0.1) is 23.1 Å². The van der Waals surface area contributed by atoms with Gasteiger partial charge >= 0.3 is 0 Å². The Balaban J connectivity index is 1.63. The van der Waals surface area contributed by atoms with Crippen molar-refractivity contribution < 1.29 is 9.59 Å². The van der Waals surface area contributed by atoms with Gasteiger partial charge in [0.05, 0.1) is 12.4 Å². The molecule has 2 aliphatic rings. The Morgan fingerprint density at radius 1 is 1.43 bits per heavy atom. The smallest absolute Gasteiger partial charge is 0.246 e. The number of carbonyl (C=O) groups excluding carboxylic acids is 2. The first kappa shape index (κ1) is 14.9. The highest BCUT2D eigenvalue weighted by Gasteiger charge is 2.40. The van der Waals surface area contributed by atoms with Crippen LogP contribution in [0.5, 0.6) is 0 Å². The molecule has 1 aliphatic carbocycles. The van der Waals surface area contributed by atoms with E-state index < -0.39 is 0 Å². The van der Waals surface area contributed by atoms with Gasteiger partial charge < -0.3 is 9.80 Å². The number of rotatable bonds is 4. The number of hydrogen-bond donors (Lipinski definition) is 0. The largest absolute Gasteiger partial charge is 0.339 e. The van der Waals surface area contributed by atoms with E-state index in [1.165, 1.54) is 4.88 Å². The van der Waals surface area contributed by atoms with E-state index in [-0.39, 0.29) is 23.8 Å². The van der Waals surface area contributed by atoms with Crippen LogP contribution >= 0.6 is 23.1 Å². The van der Waals surface area contributed by atoms with Crippen molar-refractivity contribution in [2.75, 3.05) is 18.7 Å². The quantitative estimate of drug-likeness (QED) is 0.854. The van der Waals surface area contributed by atoms with Crippen LogP contribution in [-0.4, -0.2) is 46.3 Å². The third-order valence-corrected chi connectivity index (χ3v) is 6.13. The second kappa shape index (κ2) is 6.40. The zero-order chi connectivity index (χ0) is 14.8. The molecule has 0 aromatic carbocycles. The molecule has 2 heterocycles. The second-order valence-corrected chi connectivity index (χ2v) is 7.76. The lowest BCUT2D eigenvalue weighted by atomic mass is 9.84. The van der Waals surface area contributed by atoms with Crippen LogP contribution in [0.4, 0.5) is 0 Å². The van der Waals surface area contributed by atoms with E-state index >= 15 is 0 Å². The number of carbonyl (C=O) groups is 2. The van der Waals surface area contributed by atoms with Crippen molar-refractivity contribution in [2.24, 2.45) is 5.92 Å². The minimum Gasteiger partial charge on any atom is -0.339 e. The summed E-state index contributed by atoms with van der Waals surface area (Å²) in [7, 11) is 1.83. The highest BCUT2D eigenvalue weighted by Crippen LogP contribution is 2.32. The topological polar surface area (TPSA) is 40.6 Å². The number of amides is 2. The maximum atomic E-state index is 12.6. The lowest BCUT2D eigenvalue weighted by Crippen LogP contribution is -2.50. The van der Waals surface area contributed by atoms with Crippen LogP contribution in [0, 0.1) is 5.92 Å². The minimum absolute atomic E-state index is 0.0704. The van der Waals surface area contributed by atoms with Crippen molar-refractivity contribution in [3.63, 3.8) is 0 Å². The van der Waals surface area contributed by atoms with Crippen LogP contribution < -0.4 is 0 Å². The fourth-order valence-corrected chi connectivity index (χ4v) is 4.64. The summed E-state index contributed by atoms with van der Waals surface area (Å²) in [5.41, 5.74) is 0. The molecule has 1 aliphatic heterocycles. The summed E-state index contributed by atoms with van der Waals surface area (Å²) < 4.78 is 0. The Bertz CT molecular complexity index is 514. The molecule has 1 saturated heterocycles. The van der Waals surface area contributed by atoms with Crippen molar-refractivity contribution in [1.29, 1.82) is 0 Å². The van der Waals surface area contributed by atoms with E-state index in [0.29, 0.717) is 12.4 Å². The minimum atomic E-state index is -0.270. The molecular formula is C15H20N2O2S2. The van der Waals surface area contributed by atoms with E-state index in [4.69, 9.17) is 0 Å². The monoisotopic (exact) mass is 324 g/mol. The normalized spacial score (nSPS) is 22.1. The molecule has 0 bridgehead atoms. The molecule has 0 radical (unpaired) electrons. The molecule has 6 heteroatoms. The third-order valence-electron chi connectivity index (χ3n) is 4.25. The van der Waals surface area contributed by atoms with Crippen LogP contribution in [0.15, 0.2) is 17.5 Å². The zero-order valence-electron chi connectivity index (χ0n) is 12.2. The maximum Gasteiger partial charge on any atom is 0.246 e. The van der Waals surface area contributed by atoms with Gasteiger partial charge in [0.1, 0.15) is 6.04 Å². The van der Waals surface area contributed by atoms with Crippen LogP contribution in [-0.2, 0) is 16.1 Å². The molecule has 1 aromatic heterocycles. The Hall–Kier alpha value is -1.01. The summed E-state index contributed by atoms with van der Waals surface area (Å²) in [5, 5.41) is 2.02. The summed E-state index contributed by atoms with van der Waals surface area (Å²) in [6, 6.07) is 3.76. The molecule has 1 atom stereocenters. The first-order valence-corrected chi connectivity index (χ1v) is 9.36. The summed E-state index contributed by atoms with van der Waals surface area (Å²) in [5.74, 6) is 1.82. The van der Waals surface area contributed by atoms with E-state index in [0.717, 1.165) is 25.0 Å². The van der Waals surface area contributed by atoms with Crippen LogP contribution in [0.2, 0.25) is 0 Å². The van der Waals surface area contributed by atoms with Gasteiger partial charge in [-0.1, -0.05) is 12.5 Å². The third kappa shape index (κ3) is 3.11. The highest BCUT2D eigenvalue weighted by atomic mass is 32.2. The molecule has 0 spiro atoms. The molecule has 4 nitrogen and oxygen atoms in total. The molecule has 0 unspecified atom stereocenters. The van der Waals surface area contributed by atoms with Gasteiger partial charge in [0.25, 0.3) is 0 Å². The molecule has 3 rings (SSSR count). The Labute approximate surface area is 133 Å². The van der Waals surface area contributed by atoms with E-state index in [1.807, 2.05) is 29.5 Å². The van der Waals surface area contributed by atoms with Crippen LogP contribution in [0.25, 0.3) is 0 Å². The van der Waals surface area contributed by atoms with Gasteiger partial charge in [-0.3, -0.25) is 9.59 Å². The number of hydrogen-bond acceptors (Lipinski definition) is 4. The number of likely N-dealkylation sites (N-methyl/N-ethyl adjacent to an activating group) is 1. The second-order valence-electron chi connectivity index (χ2n) is 5.73. The molecule has 1 aromatic rings. The van der Waals surface area contributed by atoms with Crippen molar-refractivity contribution in [2.45, 2.75) is 31.8 Å². The average Bonchev–Trinajstić information content (AvgIpc) is 3.06. The van der Waals surface area contributed by atoms with E-state index in [2.05, 4.69) is 0 Å². The first-order valence-electron chi connectivity index (χ1n) is 7.32. The predicted molar refractivity (Wildman–Crippen MR) is 86.1 cm³/mol. The predicted octanol–water partition coefficient (Wildman–Crippen LogP) is 2.41. The Morgan fingerprint density at radius 2 is 2.24 bits per heavy atom. The lowest BCUT2D eigenvalue weighted by molar-refractivity contribution is -0.146. The molecule has 1 saturated carbocycles. The molecule has 2 fully saturated rings. The summed E-state index contributed by atoms with van der Waals surface area (Å²) in [4.78, 5) is 29.8. The zero-order valence-corrected chi connectivity index (χ0v) is 13.8. The number of thiophene rings is 1. The molecule has 0 N–H and O–H groups in total. The van der Waals surface area contributed by atoms with E-state index in [1.54, 1.807) is 28.0 Å². The number of nitrogens with zero attached hydrogens (tertiary/aromatic N) is 2. The van der Waals surface area contributed by atoms with Crippen molar-refractivity contribution >= 4 is 34.9 Å². The fourth-order valence-electron chi connectivity index (χ4n) is 2.72. The van der Waals surface area contributed by atoms with Crippen molar-refractivity contribution in [1.82, 2.24) is 9.80 Å². The molecule has 2 amide bonds. The molecule has 21 heavy (non-hydrogen) atoms. The maximum absolute atomic E-state index is 12.6. The summed E-state index contributed by atoms with van der Waals surface area (Å²) >= 11 is 3.34. The van der Waals surface area contributed by atoms with Gasteiger partial charge in [-0.2, -0.15) is 0 Å². The number of thioether (sulfide) groups is 1. The van der Waals surface area contributed by atoms with Crippen LogP contribution in [0.1, 0.15) is 24.1 Å². The van der Waals surface area contributed by atoms with Gasteiger partial charge in [0, 0.05) is 23.6 Å². The van der Waals surface area contributed by atoms with E-state index in [9.17, 15) is 9.59 Å². The van der Waals surface area contributed by atoms with Gasteiger partial charge in [0.15, 0.2) is 0 Å². The van der Waals surface area contributed by atoms with Crippen LogP contribution in [0.3, 0.4) is 0 Å². The first-order chi connectivity index (χ1) is 10.2. The average molecular weight is 324 g/mol. The van der Waals surface area contributed by atoms with Gasteiger partial charge in [-0.25, -0.2) is 0 Å².